The van der Waals surface area contributed by atoms with Crippen LogP contribution < -0.4 is 10.1 Å². The van der Waals surface area contributed by atoms with E-state index in [4.69, 9.17) is 27.9 Å². The van der Waals surface area contributed by atoms with Crippen LogP contribution in [0.5, 0.6) is 5.75 Å². The first-order valence-electron chi connectivity index (χ1n) is 10.8. The summed E-state index contributed by atoms with van der Waals surface area (Å²) in [5.74, 6) is 1.04. The highest BCUT2D eigenvalue weighted by Crippen LogP contribution is 2.28. The van der Waals surface area contributed by atoms with Gasteiger partial charge in [-0.3, -0.25) is 9.59 Å². The van der Waals surface area contributed by atoms with E-state index in [1.807, 2.05) is 18.4 Å². The van der Waals surface area contributed by atoms with E-state index in [0.29, 0.717) is 39.4 Å². The number of Topliss-reactive ketones (excluding diaryl/α,β-unsaturated/α-hetero) is 1. The number of carbonyl (C=O) groups is 2. The Bertz CT molecular complexity index is 1210. The van der Waals surface area contributed by atoms with Crippen LogP contribution in [0.15, 0.2) is 60.3 Å². The van der Waals surface area contributed by atoms with Crippen molar-refractivity contribution in [1.82, 2.24) is 20.1 Å². The summed E-state index contributed by atoms with van der Waals surface area (Å²) in [4.78, 5) is 25.7. The molecule has 1 amide bonds. The third kappa shape index (κ3) is 6.66. The molecule has 0 aliphatic heterocycles. The molecule has 3 rings (SSSR count). The largest absolute Gasteiger partial charge is 0.497 e. The summed E-state index contributed by atoms with van der Waals surface area (Å²) in [6.07, 6.45) is 1.72. The van der Waals surface area contributed by atoms with E-state index in [9.17, 15) is 9.59 Å². The molecule has 0 aliphatic carbocycles. The number of allylic oxidation sites excluding steroid dienone is 1. The number of hydrogen-bond acceptors (Lipinski definition) is 6. The quantitative estimate of drug-likeness (QED) is 0.188. The van der Waals surface area contributed by atoms with Crippen LogP contribution in [0, 0.1) is 5.92 Å². The molecule has 1 N–H and O–H groups in total. The molecule has 0 spiro atoms. The fourth-order valence-corrected chi connectivity index (χ4v) is 4.69. The number of nitrogens with zero attached hydrogens (tertiary/aromatic N) is 3. The Morgan fingerprint density at radius 3 is 2.49 bits per heavy atom. The Balaban J connectivity index is 1.80. The Hall–Kier alpha value is -2.81. The number of methoxy groups -OCH3 is 1. The lowest BCUT2D eigenvalue weighted by molar-refractivity contribution is 0.0921. The molecule has 0 saturated carbocycles. The van der Waals surface area contributed by atoms with Crippen molar-refractivity contribution in [3.8, 4) is 5.75 Å². The van der Waals surface area contributed by atoms with Crippen molar-refractivity contribution in [2.45, 2.75) is 31.6 Å². The lowest BCUT2D eigenvalue weighted by Gasteiger charge is -2.23. The highest BCUT2D eigenvalue weighted by Gasteiger charge is 2.27. The van der Waals surface area contributed by atoms with E-state index in [1.54, 1.807) is 49.6 Å². The van der Waals surface area contributed by atoms with Gasteiger partial charge in [0.1, 0.15) is 5.75 Å². The number of halogens is 2. The van der Waals surface area contributed by atoms with Crippen LogP contribution in [-0.4, -0.2) is 39.3 Å². The summed E-state index contributed by atoms with van der Waals surface area (Å²) in [6.45, 7) is 8.19. The molecular formula is C25H26Cl2N4O3S. The SMILES string of the molecule is C=CCn1c(SCC(=O)c2ccc(OC)cc2)nnc1[C@H](NC(=O)c1ccc(Cl)cc1Cl)C(C)C. The van der Waals surface area contributed by atoms with E-state index < -0.39 is 6.04 Å². The van der Waals surface area contributed by atoms with Crippen LogP contribution in [0.3, 0.4) is 0 Å². The number of benzene rings is 2. The highest BCUT2D eigenvalue weighted by atomic mass is 35.5. The van der Waals surface area contributed by atoms with Crippen molar-refractivity contribution >= 4 is 46.7 Å². The van der Waals surface area contributed by atoms with Gasteiger partial charge in [-0.25, -0.2) is 0 Å². The molecule has 7 nitrogen and oxygen atoms in total. The van der Waals surface area contributed by atoms with Crippen molar-refractivity contribution in [1.29, 1.82) is 0 Å². The second-order valence-electron chi connectivity index (χ2n) is 8.00. The molecule has 10 heteroatoms. The summed E-state index contributed by atoms with van der Waals surface area (Å²) in [5.41, 5.74) is 0.900. The van der Waals surface area contributed by atoms with Gasteiger partial charge in [0, 0.05) is 17.1 Å². The molecule has 0 saturated heterocycles. The van der Waals surface area contributed by atoms with Gasteiger partial charge in [0.25, 0.3) is 5.91 Å². The normalized spacial score (nSPS) is 11.8. The monoisotopic (exact) mass is 532 g/mol. The van der Waals surface area contributed by atoms with E-state index >= 15 is 0 Å². The summed E-state index contributed by atoms with van der Waals surface area (Å²) < 4.78 is 7.00. The lowest BCUT2D eigenvalue weighted by atomic mass is 10.0. The number of carbonyl (C=O) groups excluding carboxylic acids is 2. The third-order valence-electron chi connectivity index (χ3n) is 5.21. The molecule has 1 atom stereocenters. The van der Waals surface area contributed by atoms with Gasteiger partial charge in [0.2, 0.25) is 0 Å². The number of hydrogen-bond donors (Lipinski definition) is 1. The molecule has 2 aromatic carbocycles. The van der Waals surface area contributed by atoms with E-state index in [-0.39, 0.29) is 28.4 Å². The van der Waals surface area contributed by atoms with Crippen molar-refractivity contribution in [3.05, 3.63) is 82.1 Å². The molecule has 184 valence electrons. The van der Waals surface area contributed by atoms with Gasteiger partial charge in [-0.15, -0.1) is 16.8 Å². The van der Waals surface area contributed by atoms with Crippen molar-refractivity contribution in [2.24, 2.45) is 5.92 Å². The highest BCUT2D eigenvalue weighted by molar-refractivity contribution is 7.99. The maximum atomic E-state index is 13.0. The average Bonchev–Trinajstić information content (AvgIpc) is 3.23. The second-order valence-corrected chi connectivity index (χ2v) is 9.79. The minimum absolute atomic E-state index is 0.00317. The number of thioether (sulfide) groups is 1. The zero-order valence-corrected chi connectivity index (χ0v) is 22.0. The molecule has 0 unspecified atom stereocenters. The third-order valence-corrected chi connectivity index (χ3v) is 6.72. The van der Waals surface area contributed by atoms with Gasteiger partial charge in [0.05, 0.1) is 29.5 Å². The molecule has 0 radical (unpaired) electrons. The number of amides is 1. The standard InChI is InChI=1S/C25H26Cl2N4O3S/c1-5-12-31-23(22(15(2)3)28-24(33)19-11-8-17(26)13-20(19)27)29-30-25(31)35-14-21(32)16-6-9-18(34-4)10-7-16/h5-11,13,15,22H,1,12,14H2,2-4H3,(H,28,33)/t22-/m1/s1. The predicted octanol–water partition coefficient (Wildman–Crippen LogP) is 5.88. The zero-order chi connectivity index (χ0) is 25.5. The van der Waals surface area contributed by atoms with Crippen molar-refractivity contribution in [2.75, 3.05) is 12.9 Å². The first-order chi connectivity index (χ1) is 16.7. The minimum Gasteiger partial charge on any atom is -0.497 e. The van der Waals surface area contributed by atoms with E-state index in [2.05, 4.69) is 22.1 Å². The molecular weight excluding hydrogens is 507 g/mol. The zero-order valence-electron chi connectivity index (χ0n) is 19.6. The molecule has 3 aromatic rings. The Kier molecular flexibility index (Phi) is 9.37. The van der Waals surface area contributed by atoms with Gasteiger partial charge in [-0.2, -0.15) is 0 Å². The van der Waals surface area contributed by atoms with E-state index in [1.165, 1.54) is 17.8 Å². The molecule has 0 fully saturated rings. The molecule has 35 heavy (non-hydrogen) atoms. The van der Waals surface area contributed by atoms with Crippen LogP contribution >= 0.6 is 35.0 Å². The van der Waals surface area contributed by atoms with Crippen molar-refractivity contribution in [3.63, 3.8) is 0 Å². The van der Waals surface area contributed by atoms with Gasteiger partial charge in [-0.05, 0) is 48.4 Å². The Labute approximate surface area is 218 Å². The van der Waals surface area contributed by atoms with Crippen LogP contribution in [0.25, 0.3) is 0 Å². The second kappa shape index (κ2) is 12.2. The molecule has 0 bridgehead atoms. The average molecular weight is 533 g/mol. The number of ether oxygens (including phenoxy) is 1. The van der Waals surface area contributed by atoms with Gasteiger partial charge in [0.15, 0.2) is 16.8 Å². The van der Waals surface area contributed by atoms with Gasteiger partial charge in [-0.1, -0.05) is 54.9 Å². The fourth-order valence-electron chi connectivity index (χ4n) is 3.35. The maximum Gasteiger partial charge on any atom is 0.253 e. The molecule has 0 aliphatic rings. The summed E-state index contributed by atoms with van der Waals surface area (Å²) in [7, 11) is 1.58. The van der Waals surface area contributed by atoms with Crippen LogP contribution in [0.2, 0.25) is 10.0 Å². The lowest BCUT2D eigenvalue weighted by Crippen LogP contribution is -2.34. The van der Waals surface area contributed by atoms with E-state index in [0.717, 1.165) is 0 Å². The predicted molar refractivity (Wildman–Crippen MR) is 140 cm³/mol. The molecule has 1 heterocycles. The first kappa shape index (κ1) is 26.8. The number of nitrogens with one attached hydrogen (secondary N) is 1. The van der Waals surface area contributed by atoms with Gasteiger partial charge < -0.3 is 14.6 Å². The summed E-state index contributed by atoms with van der Waals surface area (Å²) in [6, 6.07) is 11.2. The minimum atomic E-state index is -0.451. The van der Waals surface area contributed by atoms with Crippen molar-refractivity contribution < 1.29 is 14.3 Å². The van der Waals surface area contributed by atoms with Crippen LogP contribution in [0.4, 0.5) is 0 Å². The number of aromatic nitrogens is 3. The van der Waals surface area contributed by atoms with Crippen LogP contribution in [-0.2, 0) is 6.54 Å². The van der Waals surface area contributed by atoms with Gasteiger partial charge >= 0.3 is 0 Å². The number of ketones is 1. The molecule has 1 aromatic heterocycles. The summed E-state index contributed by atoms with van der Waals surface area (Å²) in [5, 5.41) is 12.9. The first-order valence-corrected chi connectivity index (χ1v) is 12.6. The fraction of sp³-hybridized carbons (Fsp3) is 0.280. The van der Waals surface area contributed by atoms with Crippen LogP contribution in [0.1, 0.15) is 46.4 Å². The Morgan fingerprint density at radius 1 is 1.17 bits per heavy atom. The maximum absolute atomic E-state index is 13.0. The number of rotatable bonds is 11. The topological polar surface area (TPSA) is 86.1 Å². The Morgan fingerprint density at radius 2 is 1.89 bits per heavy atom. The smallest absolute Gasteiger partial charge is 0.253 e. The summed E-state index contributed by atoms with van der Waals surface area (Å²) >= 11 is 13.5.